The second kappa shape index (κ2) is 6.81. The van der Waals surface area contributed by atoms with Crippen LogP contribution in [0.2, 0.25) is 0 Å². The van der Waals surface area contributed by atoms with Crippen molar-refractivity contribution in [3.8, 4) is 0 Å². The summed E-state index contributed by atoms with van der Waals surface area (Å²) in [5.41, 5.74) is 1.11. The Balaban J connectivity index is 2.13. The topological polar surface area (TPSA) is 47.0 Å². The van der Waals surface area contributed by atoms with Crippen LogP contribution in [0.1, 0.15) is 43.7 Å². The molecule has 0 saturated heterocycles. The van der Waals surface area contributed by atoms with Crippen molar-refractivity contribution in [2.75, 3.05) is 14.2 Å². The van der Waals surface area contributed by atoms with Gasteiger partial charge in [-0.3, -0.25) is 0 Å². The fraction of sp³-hybridized carbons (Fsp3) is 0.714. The monoisotopic (exact) mass is 249 g/mol. The quantitative estimate of drug-likeness (QED) is 0.870. The third-order valence-corrected chi connectivity index (χ3v) is 3.97. The number of ether oxygens (including phenoxy) is 1. The molecule has 100 valence electrons. The largest absolute Gasteiger partial charge is 0.379 e. The van der Waals surface area contributed by atoms with Gasteiger partial charge in [-0.15, -0.1) is 0 Å². The Morgan fingerprint density at radius 1 is 1.22 bits per heavy atom. The van der Waals surface area contributed by atoms with Crippen molar-refractivity contribution >= 4 is 0 Å². The summed E-state index contributed by atoms with van der Waals surface area (Å²) in [4.78, 5) is 8.22. The van der Waals surface area contributed by atoms with Gasteiger partial charge in [0.25, 0.3) is 0 Å². The standard InChI is InChI=1S/C14H23N3O/c1-15-13(12-8-16-10-17-9-12)14(18-2)11-6-4-3-5-7-11/h8-11,13-15H,3-7H2,1-2H3. The van der Waals surface area contributed by atoms with Crippen molar-refractivity contribution in [1.82, 2.24) is 15.3 Å². The highest BCUT2D eigenvalue weighted by atomic mass is 16.5. The van der Waals surface area contributed by atoms with Gasteiger partial charge in [-0.25, -0.2) is 9.97 Å². The van der Waals surface area contributed by atoms with Crippen molar-refractivity contribution in [3.63, 3.8) is 0 Å². The molecular weight excluding hydrogens is 226 g/mol. The molecule has 1 aromatic rings. The lowest BCUT2D eigenvalue weighted by molar-refractivity contribution is 0.00925. The van der Waals surface area contributed by atoms with E-state index in [2.05, 4.69) is 15.3 Å². The number of nitrogens with zero attached hydrogens (tertiary/aromatic N) is 2. The maximum Gasteiger partial charge on any atom is 0.115 e. The van der Waals surface area contributed by atoms with Gasteiger partial charge >= 0.3 is 0 Å². The van der Waals surface area contributed by atoms with Gasteiger partial charge < -0.3 is 10.1 Å². The summed E-state index contributed by atoms with van der Waals surface area (Å²) in [6.45, 7) is 0. The zero-order valence-electron chi connectivity index (χ0n) is 11.3. The second-order valence-corrected chi connectivity index (χ2v) is 5.04. The number of likely N-dealkylation sites (N-methyl/N-ethyl adjacent to an activating group) is 1. The number of nitrogens with one attached hydrogen (secondary N) is 1. The molecule has 0 radical (unpaired) electrons. The molecule has 1 aliphatic carbocycles. The molecule has 0 amide bonds. The van der Waals surface area contributed by atoms with Gasteiger partial charge in [-0.2, -0.15) is 0 Å². The number of methoxy groups -OCH3 is 1. The van der Waals surface area contributed by atoms with Crippen molar-refractivity contribution in [3.05, 3.63) is 24.3 Å². The summed E-state index contributed by atoms with van der Waals surface area (Å²) < 4.78 is 5.78. The molecule has 2 atom stereocenters. The molecule has 1 N–H and O–H groups in total. The normalized spacial score (nSPS) is 20.6. The third-order valence-electron chi connectivity index (χ3n) is 3.97. The van der Waals surface area contributed by atoms with E-state index < -0.39 is 0 Å². The average molecular weight is 249 g/mol. The van der Waals surface area contributed by atoms with Gasteiger partial charge in [0, 0.05) is 25.1 Å². The first-order valence-electron chi connectivity index (χ1n) is 6.81. The SMILES string of the molecule is CNC(c1cncnc1)C(OC)C1CCCCC1. The van der Waals surface area contributed by atoms with E-state index in [1.54, 1.807) is 6.33 Å². The van der Waals surface area contributed by atoms with Gasteiger partial charge in [-0.05, 0) is 25.8 Å². The summed E-state index contributed by atoms with van der Waals surface area (Å²) in [5, 5.41) is 3.36. The first-order valence-corrected chi connectivity index (χ1v) is 6.81. The summed E-state index contributed by atoms with van der Waals surface area (Å²) in [5.74, 6) is 0.640. The molecule has 1 aromatic heterocycles. The molecule has 0 aliphatic heterocycles. The molecule has 2 rings (SSSR count). The zero-order valence-corrected chi connectivity index (χ0v) is 11.3. The number of hydrogen-bond acceptors (Lipinski definition) is 4. The van der Waals surface area contributed by atoms with Gasteiger partial charge in [0.15, 0.2) is 0 Å². The molecule has 18 heavy (non-hydrogen) atoms. The van der Waals surface area contributed by atoms with Crippen LogP contribution in [0.15, 0.2) is 18.7 Å². The highest BCUT2D eigenvalue weighted by Crippen LogP contribution is 2.33. The minimum atomic E-state index is 0.180. The molecule has 4 heteroatoms. The minimum Gasteiger partial charge on any atom is -0.379 e. The summed E-state index contributed by atoms with van der Waals surface area (Å²) in [6, 6.07) is 0.180. The first kappa shape index (κ1) is 13.4. The Kier molecular flexibility index (Phi) is 5.08. The van der Waals surface area contributed by atoms with Crippen LogP contribution < -0.4 is 5.32 Å². The van der Waals surface area contributed by atoms with Crippen LogP contribution in [0.3, 0.4) is 0 Å². The maximum atomic E-state index is 5.78. The lowest BCUT2D eigenvalue weighted by atomic mass is 9.81. The van der Waals surface area contributed by atoms with E-state index in [-0.39, 0.29) is 12.1 Å². The smallest absolute Gasteiger partial charge is 0.115 e. The van der Waals surface area contributed by atoms with Crippen LogP contribution in [-0.2, 0) is 4.74 Å². The average Bonchev–Trinajstić information content (AvgIpc) is 2.46. The van der Waals surface area contributed by atoms with Crippen molar-refractivity contribution in [2.24, 2.45) is 5.92 Å². The lowest BCUT2D eigenvalue weighted by Gasteiger charge is -2.34. The van der Waals surface area contributed by atoms with Crippen molar-refractivity contribution in [2.45, 2.75) is 44.2 Å². The lowest BCUT2D eigenvalue weighted by Crippen LogP contribution is -2.37. The third kappa shape index (κ3) is 3.06. The van der Waals surface area contributed by atoms with Crippen LogP contribution in [-0.4, -0.2) is 30.2 Å². The summed E-state index contributed by atoms with van der Waals surface area (Å²) >= 11 is 0. The van der Waals surface area contributed by atoms with Gasteiger partial charge in [-0.1, -0.05) is 19.3 Å². The fourth-order valence-electron chi connectivity index (χ4n) is 3.06. The Bertz CT molecular complexity index is 338. The Morgan fingerprint density at radius 3 is 2.44 bits per heavy atom. The highest BCUT2D eigenvalue weighted by Gasteiger charge is 2.31. The molecule has 1 saturated carbocycles. The predicted octanol–water partition coefficient (Wildman–Crippen LogP) is 2.33. The van der Waals surface area contributed by atoms with E-state index in [0.29, 0.717) is 5.92 Å². The fourth-order valence-corrected chi connectivity index (χ4v) is 3.06. The van der Waals surface area contributed by atoms with Crippen LogP contribution in [0.5, 0.6) is 0 Å². The second-order valence-electron chi connectivity index (χ2n) is 5.04. The van der Waals surface area contributed by atoms with Crippen LogP contribution in [0.4, 0.5) is 0 Å². The molecule has 1 heterocycles. The maximum absolute atomic E-state index is 5.78. The van der Waals surface area contributed by atoms with E-state index in [1.165, 1.54) is 32.1 Å². The van der Waals surface area contributed by atoms with E-state index in [4.69, 9.17) is 4.74 Å². The first-order chi connectivity index (χ1) is 8.86. The van der Waals surface area contributed by atoms with E-state index in [9.17, 15) is 0 Å². The molecule has 0 aromatic carbocycles. The van der Waals surface area contributed by atoms with E-state index in [0.717, 1.165) is 5.56 Å². The Morgan fingerprint density at radius 2 is 1.89 bits per heavy atom. The zero-order chi connectivity index (χ0) is 12.8. The van der Waals surface area contributed by atoms with Crippen molar-refractivity contribution in [1.29, 1.82) is 0 Å². The minimum absolute atomic E-state index is 0.180. The van der Waals surface area contributed by atoms with Crippen LogP contribution in [0, 0.1) is 5.92 Å². The van der Waals surface area contributed by atoms with Crippen molar-refractivity contribution < 1.29 is 4.74 Å². The molecule has 1 fully saturated rings. The summed E-state index contributed by atoms with van der Waals surface area (Å²) in [6.07, 6.45) is 12.1. The van der Waals surface area contributed by atoms with Gasteiger partial charge in [0.2, 0.25) is 0 Å². The number of rotatable bonds is 5. The summed E-state index contributed by atoms with van der Waals surface area (Å²) in [7, 11) is 3.79. The van der Waals surface area contributed by atoms with Gasteiger partial charge in [0.1, 0.15) is 6.33 Å². The number of hydrogen-bond donors (Lipinski definition) is 1. The Hall–Kier alpha value is -1.00. The van der Waals surface area contributed by atoms with E-state index in [1.807, 2.05) is 26.6 Å². The van der Waals surface area contributed by atoms with Crippen LogP contribution in [0.25, 0.3) is 0 Å². The molecular formula is C14H23N3O. The highest BCUT2D eigenvalue weighted by molar-refractivity contribution is 5.12. The van der Waals surface area contributed by atoms with E-state index >= 15 is 0 Å². The predicted molar refractivity (Wildman–Crippen MR) is 71.2 cm³/mol. The van der Waals surface area contributed by atoms with Gasteiger partial charge in [0.05, 0.1) is 12.1 Å². The number of aromatic nitrogens is 2. The molecule has 1 aliphatic rings. The Labute approximate surface area is 109 Å². The molecule has 2 unspecified atom stereocenters. The molecule has 0 bridgehead atoms. The van der Waals surface area contributed by atoms with Crippen LogP contribution >= 0.6 is 0 Å². The molecule has 0 spiro atoms. The molecule has 4 nitrogen and oxygen atoms in total.